The van der Waals surface area contributed by atoms with Gasteiger partial charge in [-0.2, -0.15) is 0 Å². The van der Waals surface area contributed by atoms with Gasteiger partial charge >= 0.3 is 0 Å². The Morgan fingerprint density at radius 3 is 2.48 bits per heavy atom. The molecule has 5 heteroatoms. The minimum Gasteiger partial charge on any atom is -0.461 e. The smallest absolute Gasteiger partial charge is 0.230 e. The van der Waals surface area contributed by atoms with E-state index in [2.05, 4.69) is 0 Å². The van der Waals surface area contributed by atoms with Gasteiger partial charge in [0.05, 0.1) is 19.6 Å². The number of amides is 1. The van der Waals surface area contributed by atoms with Crippen molar-refractivity contribution in [2.24, 2.45) is 0 Å². The number of rotatable bonds is 6. The molecule has 2 N–H and O–H groups in total. The summed E-state index contributed by atoms with van der Waals surface area (Å²) in [5, 5.41) is 21.2. The minimum atomic E-state index is -0.170. The van der Waals surface area contributed by atoms with Crippen molar-refractivity contribution >= 4 is 27.6 Å². The van der Waals surface area contributed by atoms with Crippen LogP contribution in [0.5, 0.6) is 0 Å². The number of aliphatic hydroxyl groups is 2. The third-order valence-electron chi connectivity index (χ3n) is 3.90. The first kappa shape index (κ1) is 15.5. The molecule has 5 nitrogen and oxygen atoms in total. The van der Waals surface area contributed by atoms with Crippen LogP contribution in [0.4, 0.5) is 0 Å². The van der Waals surface area contributed by atoms with E-state index >= 15 is 0 Å². The molecule has 0 saturated heterocycles. The monoisotopic (exact) mass is 313 g/mol. The summed E-state index contributed by atoms with van der Waals surface area (Å²) >= 11 is 0. The molecule has 0 saturated carbocycles. The topological polar surface area (TPSA) is 73.9 Å². The van der Waals surface area contributed by atoms with Gasteiger partial charge in [0.2, 0.25) is 5.91 Å². The Balaban J connectivity index is 1.88. The highest BCUT2D eigenvalue weighted by Gasteiger charge is 2.16. The van der Waals surface area contributed by atoms with Crippen molar-refractivity contribution in [3.63, 3.8) is 0 Å². The van der Waals surface area contributed by atoms with E-state index < -0.39 is 0 Å². The van der Waals surface area contributed by atoms with Gasteiger partial charge in [-0.3, -0.25) is 4.79 Å². The van der Waals surface area contributed by atoms with Crippen LogP contribution in [0.2, 0.25) is 0 Å². The van der Waals surface area contributed by atoms with Gasteiger partial charge in [0.15, 0.2) is 0 Å². The molecule has 0 fully saturated rings. The molecule has 3 aromatic rings. The maximum Gasteiger partial charge on any atom is 0.230 e. The van der Waals surface area contributed by atoms with Crippen LogP contribution in [-0.2, 0) is 11.2 Å². The number of furan rings is 1. The summed E-state index contributed by atoms with van der Waals surface area (Å²) in [6.07, 6.45) is 0.114. The Hall–Kier alpha value is -2.37. The van der Waals surface area contributed by atoms with E-state index in [1.807, 2.05) is 42.5 Å². The fourth-order valence-electron chi connectivity index (χ4n) is 2.80. The maximum atomic E-state index is 12.3. The van der Waals surface area contributed by atoms with E-state index in [1.165, 1.54) is 4.90 Å². The molecule has 2 aromatic carbocycles. The molecule has 1 amide bonds. The molecule has 0 aliphatic heterocycles. The Kier molecular flexibility index (Phi) is 4.60. The fraction of sp³-hybridized carbons (Fsp3) is 0.278. The molecule has 1 aromatic heterocycles. The van der Waals surface area contributed by atoms with E-state index in [0.29, 0.717) is 5.76 Å². The predicted octanol–water partition coefficient (Wildman–Crippen LogP) is 1.94. The summed E-state index contributed by atoms with van der Waals surface area (Å²) < 4.78 is 5.78. The SMILES string of the molecule is O=C(Cc1cc2c(ccc3ccccc32)o1)N(CCO)CCO. The normalized spacial score (nSPS) is 11.2. The van der Waals surface area contributed by atoms with E-state index in [-0.39, 0.29) is 38.6 Å². The molecular weight excluding hydrogens is 294 g/mol. The number of carbonyl (C=O) groups is 1. The average molecular weight is 313 g/mol. The number of carbonyl (C=O) groups excluding carboxylic acids is 1. The van der Waals surface area contributed by atoms with Gasteiger partial charge in [0.25, 0.3) is 0 Å². The van der Waals surface area contributed by atoms with Crippen molar-refractivity contribution in [3.8, 4) is 0 Å². The first-order valence-corrected chi connectivity index (χ1v) is 7.62. The van der Waals surface area contributed by atoms with Gasteiger partial charge < -0.3 is 19.5 Å². The van der Waals surface area contributed by atoms with Crippen LogP contribution in [0, 0.1) is 0 Å². The van der Waals surface area contributed by atoms with E-state index in [0.717, 1.165) is 21.7 Å². The molecule has 0 spiro atoms. The maximum absolute atomic E-state index is 12.3. The molecule has 1 heterocycles. The van der Waals surface area contributed by atoms with Gasteiger partial charge in [0.1, 0.15) is 11.3 Å². The summed E-state index contributed by atoms with van der Waals surface area (Å²) in [5.74, 6) is 0.415. The summed E-state index contributed by atoms with van der Waals surface area (Å²) in [6.45, 7) is 0.165. The molecule has 120 valence electrons. The zero-order chi connectivity index (χ0) is 16.2. The minimum absolute atomic E-state index is 0.114. The van der Waals surface area contributed by atoms with E-state index in [9.17, 15) is 4.79 Å². The number of hydrogen-bond acceptors (Lipinski definition) is 4. The van der Waals surface area contributed by atoms with Gasteiger partial charge in [0, 0.05) is 18.5 Å². The van der Waals surface area contributed by atoms with Crippen molar-refractivity contribution in [2.75, 3.05) is 26.3 Å². The highest BCUT2D eigenvalue weighted by molar-refractivity contribution is 6.06. The highest BCUT2D eigenvalue weighted by Crippen LogP contribution is 2.28. The molecule has 0 aliphatic rings. The zero-order valence-electron chi connectivity index (χ0n) is 12.7. The zero-order valence-corrected chi connectivity index (χ0v) is 12.7. The summed E-state index contributed by atoms with van der Waals surface area (Å²) in [5.41, 5.74) is 0.752. The van der Waals surface area contributed by atoms with Gasteiger partial charge in [-0.25, -0.2) is 0 Å². The van der Waals surface area contributed by atoms with Gasteiger partial charge in [-0.1, -0.05) is 30.3 Å². The van der Waals surface area contributed by atoms with Crippen molar-refractivity contribution in [1.82, 2.24) is 4.90 Å². The fourth-order valence-corrected chi connectivity index (χ4v) is 2.80. The summed E-state index contributed by atoms with van der Waals surface area (Å²) in [7, 11) is 0. The molecule has 0 bridgehead atoms. The third-order valence-corrected chi connectivity index (χ3v) is 3.90. The van der Waals surface area contributed by atoms with Crippen LogP contribution < -0.4 is 0 Å². The van der Waals surface area contributed by atoms with Crippen LogP contribution in [0.15, 0.2) is 46.9 Å². The molecule has 0 unspecified atom stereocenters. The second-order valence-electron chi connectivity index (χ2n) is 5.42. The Morgan fingerprint density at radius 1 is 1.00 bits per heavy atom. The van der Waals surface area contributed by atoms with Crippen LogP contribution in [0.1, 0.15) is 5.76 Å². The van der Waals surface area contributed by atoms with Crippen LogP contribution in [0.3, 0.4) is 0 Å². The molecular formula is C18H19NO4. The lowest BCUT2D eigenvalue weighted by Gasteiger charge is -2.19. The lowest BCUT2D eigenvalue weighted by Crippen LogP contribution is -2.36. The van der Waals surface area contributed by atoms with Crippen molar-refractivity contribution < 1.29 is 19.4 Å². The van der Waals surface area contributed by atoms with Crippen LogP contribution in [0.25, 0.3) is 21.7 Å². The van der Waals surface area contributed by atoms with Crippen molar-refractivity contribution in [2.45, 2.75) is 6.42 Å². The summed E-state index contributed by atoms with van der Waals surface area (Å²) in [6, 6.07) is 13.8. The standard InChI is InChI=1S/C18H19NO4/c20-9-7-19(8-10-21)18(22)12-14-11-16-15-4-2-1-3-13(15)5-6-17(16)23-14/h1-6,11,20-21H,7-10,12H2. The molecule has 23 heavy (non-hydrogen) atoms. The van der Waals surface area contributed by atoms with Gasteiger partial charge in [-0.15, -0.1) is 0 Å². The third kappa shape index (κ3) is 3.21. The molecule has 3 rings (SSSR count). The number of hydrogen-bond donors (Lipinski definition) is 2. The average Bonchev–Trinajstić information content (AvgIpc) is 2.97. The van der Waals surface area contributed by atoms with E-state index in [4.69, 9.17) is 14.6 Å². The number of fused-ring (bicyclic) bond motifs is 3. The lowest BCUT2D eigenvalue weighted by atomic mass is 10.1. The van der Waals surface area contributed by atoms with E-state index in [1.54, 1.807) is 0 Å². The molecule has 0 atom stereocenters. The Bertz CT molecular complexity index is 818. The largest absolute Gasteiger partial charge is 0.461 e. The van der Waals surface area contributed by atoms with Crippen molar-refractivity contribution in [1.29, 1.82) is 0 Å². The summed E-state index contributed by atoms with van der Waals surface area (Å²) in [4.78, 5) is 13.7. The Morgan fingerprint density at radius 2 is 1.74 bits per heavy atom. The van der Waals surface area contributed by atoms with Crippen LogP contribution >= 0.6 is 0 Å². The van der Waals surface area contributed by atoms with Crippen molar-refractivity contribution in [3.05, 3.63) is 48.2 Å². The molecule has 0 radical (unpaired) electrons. The predicted molar refractivity (Wildman–Crippen MR) is 88.2 cm³/mol. The Labute approximate surface area is 133 Å². The van der Waals surface area contributed by atoms with Gasteiger partial charge in [-0.05, 0) is 22.9 Å². The second kappa shape index (κ2) is 6.81. The quantitative estimate of drug-likeness (QED) is 0.729. The number of aliphatic hydroxyl groups excluding tert-OH is 2. The number of nitrogens with zero attached hydrogens (tertiary/aromatic N) is 1. The molecule has 0 aliphatic carbocycles. The first-order valence-electron chi connectivity index (χ1n) is 7.62. The lowest BCUT2D eigenvalue weighted by molar-refractivity contribution is -0.131. The first-order chi connectivity index (χ1) is 11.2. The number of benzene rings is 2. The second-order valence-corrected chi connectivity index (χ2v) is 5.42. The highest BCUT2D eigenvalue weighted by atomic mass is 16.3. The van der Waals surface area contributed by atoms with Crippen LogP contribution in [-0.4, -0.2) is 47.3 Å².